The number of fused-ring (bicyclic) bond motifs is 4. The van der Waals surface area contributed by atoms with Gasteiger partial charge in [-0.05, 0) is 42.0 Å². The first-order chi connectivity index (χ1) is 17.1. The quantitative estimate of drug-likeness (QED) is 0.347. The van der Waals surface area contributed by atoms with Gasteiger partial charge in [0.2, 0.25) is 0 Å². The van der Waals surface area contributed by atoms with E-state index in [1.54, 1.807) is 19.2 Å². The van der Waals surface area contributed by atoms with E-state index in [1.807, 2.05) is 54.6 Å². The van der Waals surface area contributed by atoms with Gasteiger partial charge in [0.25, 0.3) is 0 Å². The first-order valence-corrected chi connectivity index (χ1v) is 11.2. The van der Waals surface area contributed by atoms with Crippen LogP contribution in [-0.2, 0) is 13.1 Å². The zero-order chi connectivity index (χ0) is 23.9. The molecule has 0 bridgehead atoms. The predicted octanol–water partition coefficient (Wildman–Crippen LogP) is 4.93. The Labute approximate surface area is 199 Å². The largest absolute Gasteiger partial charge is 0.497 e. The Morgan fingerprint density at radius 1 is 0.914 bits per heavy atom. The molecule has 5 aromatic rings. The van der Waals surface area contributed by atoms with Crippen LogP contribution < -0.4 is 20.7 Å². The highest BCUT2D eigenvalue weighted by Gasteiger charge is 2.24. The van der Waals surface area contributed by atoms with Crippen molar-refractivity contribution in [2.24, 2.45) is 0 Å². The van der Waals surface area contributed by atoms with Crippen molar-refractivity contribution in [1.29, 1.82) is 0 Å². The van der Waals surface area contributed by atoms with Crippen molar-refractivity contribution < 1.29 is 18.3 Å². The van der Waals surface area contributed by atoms with Crippen LogP contribution in [-0.4, -0.2) is 18.7 Å². The van der Waals surface area contributed by atoms with E-state index in [0.717, 1.165) is 22.3 Å². The Kier molecular flexibility index (Phi) is 5.12. The summed E-state index contributed by atoms with van der Waals surface area (Å²) in [6.07, 6.45) is 0. The maximum atomic E-state index is 12.8. The lowest BCUT2D eigenvalue weighted by atomic mass is 9.99. The van der Waals surface area contributed by atoms with Crippen LogP contribution >= 0.6 is 0 Å². The smallest absolute Gasteiger partial charge is 0.344 e. The molecule has 35 heavy (non-hydrogen) atoms. The number of hydrogen-bond acceptors (Lipinski definition) is 7. The van der Waals surface area contributed by atoms with Crippen molar-refractivity contribution >= 4 is 21.9 Å². The number of benzene rings is 3. The van der Waals surface area contributed by atoms with E-state index in [9.17, 15) is 9.59 Å². The van der Waals surface area contributed by atoms with E-state index < -0.39 is 11.3 Å². The van der Waals surface area contributed by atoms with Gasteiger partial charge in [0.1, 0.15) is 29.4 Å². The molecule has 0 unspecified atom stereocenters. The Morgan fingerprint density at radius 2 is 1.74 bits per heavy atom. The Bertz CT molecular complexity index is 1680. The summed E-state index contributed by atoms with van der Waals surface area (Å²) < 4.78 is 22.4. The first-order valence-electron chi connectivity index (χ1n) is 11.2. The molecule has 6 rings (SSSR count). The van der Waals surface area contributed by atoms with Crippen molar-refractivity contribution in [3.05, 3.63) is 105 Å². The fraction of sp³-hybridized carbons (Fsp3) is 0.143. The Hall–Kier alpha value is -4.36. The topological polar surface area (TPSA) is 82.1 Å². The molecular weight excluding hydrogens is 446 g/mol. The van der Waals surface area contributed by atoms with Crippen LogP contribution in [0.1, 0.15) is 11.1 Å². The molecule has 0 saturated carbocycles. The summed E-state index contributed by atoms with van der Waals surface area (Å²) in [5, 5.41) is 1.43. The molecule has 0 radical (unpaired) electrons. The fourth-order valence-electron chi connectivity index (χ4n) is 4.54. The average molecular weight is 467 g/mol. The van der Waals surface area contributed by atoms with Crippen LogP contribution in [0, 0.1) is 0 Å². The zero-order valence-electron chi connectivity index (χ0n) is 18.9. The highest BCUT2D eigenvalue weighted by atomic mass is 16.5. The standard InChI is InChI=1S/C28H21NO6/c1-32-19-8-6-17(7-9-19)14-29-15-23-25(33-16-29)11-10-20-21(13-26(30)35-27(20)23)22-12-18-4-2-3-5-24(18)34-28(22)31/h2-13H,14-16H2,1H3. The van der Waals surface area contributed by atoms with Crippen molar-refractivity contribution in [3.8, 4) is 22.6 Å². The second-order valence-corrected chi connectivity index (χ2v) is 8.49. The lowest BCUT2D eigenvalue weighted by Crippen LogP contribution is -2.31. The number of nitrogens with zero attached hydrogens (tertiary/aromatic N) is 1. The van der Waals surface area contributed by atoms with Gasteiger partial charge in [0.05, 0.1) is 18.2 Å². The second-order valence-electron chi connectivity index (χ2n) is 8.49. The van der Waals surface area contributed by atoms with Gasteiger partial charge in [-0.1, -0.05) is 30.3 Å². The number of rotatable bonds is 4. The molecule has 3 aromatic carbocycles. The van der Waals surface area contributed by atoms with Gasteiger partial charge in [0.15, 0.2) is 0 Å². The minimum absolute atomic E-state index is 0.313. The van der Waals surface area contributed by atoms with Crippen LogP contribution in [0.3, 0.4) is 0 Å². The second kappa shape index (κ2) is 8.45. The van der Waals surface area contributed by atoms with E-state index in [0.29, 0.717) is 53.2 Å². The third kappa shape index (κ3) is 3.86. The van der Waals surface area contributed by atoms with E-state index >= 15 is 0 Å². The van der Waals surface area contributed by atoms with E-state index in [-0.39, 0.29) is 0 Å². The van der Waals surface area contributed by atoms with Gasteiger partial charge < -0.3 is 18.3 Å². The number of methoxy groups -OCH3 is 1. The minimum Gasteiger partial charge on any atom is -0.497 e. The molecular formula is C28H21NO6. The van der Waals surface area contributed by atoms with Crippen LogP contribution in [0.2, 0.25) is 0 Å². The van der Waals surface area contributed by atoms with Gasteiger partial charge in [-0.15, -0.1) is 0 Å². The maximum Gasteiger partial charge on any atom is 0.344 e. The molecule has 0 amide bonds. The summed E-state index contributed by atoms with van der Waals surface area (Å²) in [6.45, 7) is 1.58. The molecule has 7 heteroatoms. The molecule has 0 spiro atoms. The normalized spacial score (nSPS) is 13.5. The molecule has 0 aliphatic carbocycles. The minimum atomic E-state index is -0.541. The maximum absolute atomic E-state index is 12.8. The molecule has 0 atom stereocenters. The lowest BCUT2D eigenvalue weighted by molar-refractivity contribution is 0.0889. The molecule has 0 fully saturated rings. The van der Waals surface area contributed by atoms with Crippen LogP contribution in [0.25, 0.3) is 33.1 Å². The fourth-order valence-corrected chi connectivity index (χ4v) is 4.54. The first kappa shape index (κ1) is 21.2. The summed E-state index contributed by atoms with van der Waals surface area (Å²) in [7, 11) is 1.64. The summed E-state index contributed by atoms with van der Waals surface area (Å²) in [5.41, 5.74) is 2.52. The van der Waals surface area contributed by atoms with E-state index in [4.69, 9.17) is 18.3 Å². The average Bonchev–Trinajstić information content (AvgIpc) is 2.88. The van der Waals surface area contributed by atoms with E-state index in [1.165, 1.54) is 6.07 Å². The number of hydrogen-bond donors (Lipinski definition) is 0. The van der Waals surface area contributed by atoms with E-state index in [2.05, 4.69) is 4.90 Å². The molecule has 7 nitrogen and oxygen atoms in total. The predicted molar refractivity (Wildman–Crippen MR) is 132 cm³/mol. The molecule has 2 aromatic heterocycles. The lowest BCUT2D eigenvalue weighted by Gasteiger charge is -2.29. The SMILES string of the molecule is COc1ccc(CN2COc3ccc4c(-c5cc6ccccc6oc5=O)cc(=O)oc4c3C2)cc1. The molecule has 174 valence electrons. The monoisotopic (exact) mass is 467 g/mol. The van der Waals surface area contributed by atoms with Crippen molar-refractivity contribution in [2.45, 2.75) is 13.1 Å². The number of para-hydroxylation sites is 1. The molecule has 1 aliphatic rings. The third-order valence-corrected chi connectivity index (χ3v) is 6.25. The van der Waals surface area contributed by atoms with Gasteiger partial charge >= 0.3 is 11.3 Å². The van der Waals surface area contributed by atoms with Crippen molar-refractivity contribution in [2.75, 3.05) is 13.8 Å². The van der Waals surface area contributed by atoms with Crippen LogP contribution in [0.15, 0.2) is 91.2 Å². The summed E-state index contributed by atoms with van der Waals surface area (Å²) >= 11 is 0. The zero-order valence-corrected chi connectivity index (χ0v) is 18.9. The van der Waals surface area contributed by atoms with Crippen molar-refractivity contribution in [1.82, 2.24) is 4.90 Å². The van der Waals surface area contributed by atoms with Gasteiger partial charge in [-0.2, -0.15) is 0 Å². The molecule has 1 aliphatic heterocycles. The Morgan fingerprint density at radius 3 is 2.57 bits per heavy atom. The highest BCUT2D eigenvalue weighted by Crippen LogP contribution is 2.36. The summed E-state index contributed by atoms with van der Waals surface area (Å²) in [4.78, 5) is 27.6. The summed E-state index contributed by atoms with van der Waals surface area (Å²) in [5.74, 6) is 1.46. The number of ether oxygens (including phenoxy) is 2. The third-order valence-electron chi connectivity index (χ3n) is 6.25. The highest BCUT2D eigenvalue weighted by molar-refractivity contribution is 5.97. The van der Waals surface area contributed by atoms with Crippen molar-refractivity contribution in [3.63, 3.8) is 0 Å². The van der Waals surface area contributed by atoms with Gasteiger partial charge in [-0.25, -0.2) is 9.59 Å². The van der Waals surface area contributed by atoms with Gasteiger partial charge in [0, 0.05) is 35.5 Å². The molecule has 0 saturated heterocycles. The van der Waals surface area contributed by atoms with Crippen LogP contribution in [0.5, 0.6) is 11.5 Å². The molecule has 3 heterocycles. The van der Waals surface area contributed by atoms with Gasteiger partial charge in [-0.3, -0.25) is 4.90 Å². The van der Waals surface area contributed by atoms with Crippen LogP contribution in [0.4, 0.5) is 0 Å². The Balaban J connectivity index is 1.43. The summed E-state index contributed by atoms with van der Waals surface area (Å²) in [6, 6.07) is 21.9. The molecule has 0 N–H and O–H groups in total.